The fourth-order valence-corrected chi connectivity index (χ4v) is 6.22. The maximum absolute atomic E-state index is 13.8. The number of phenols is 1. The Morgan fingerprint density at radius 1 is 1.19 bits per heavy atom. The van der Waals surface area contributed by atoms with Crippen molar-refractivity contribution in [2.45, 2.75) is 13.0 Å². The Morgan fingerprint density at radius 3 is 2.59 bits per heavy atom. The lowest BCUT2D eigenvalue weighted by molar-refractivity contribution is -0.113. The number of halogens is 3. The molecule has 1 atom stereocenters. The number of anilines is 1. The molecule has 0 aliphatic carbocycles. The lowest BCUT2D eigenvalue weighted by atomic mass is 9.95. The van der Waals surface area contributed by atoms with E-state index in [1.54, 1.807) is 61.5 Å². The van der Waals surface area contributed by atoms with Crippen LogP contribution in [0.5, 0.6) is 5.75 Å². The van der Waals surface area contributed by atoms with Crippen molar-refractivity contribution in [3.05, 3.63) is 123 Å². The Hall–Kier alpha value is -3.28. The highest BCUT2D eigenvalue weighted by molar-refractivity contribution is 14.1. The smallest absolute Gasteiger partial charge is 0.271 e. The number of benzene rings is 3. The summed E-state index contributed by atoms with van der Waals surface area (Å²) in [5, 5.41) is 13.8. The van der Waals surface area contributed by atoms with Crippen LogP contribution >= 0.6 is 45.5 Å². The van der Waals surface area contributed by atoms with Crippen LogP contribution in [0.2, 0.25) is 5.02 Å². The topological polar surface area (TPSA) is 83.7 Å². The Balaban J connectivity index is 1.70. The van der Waals surface area contributed by atoms with Crippen molar-refractivity contribution in [2.24, 2.45) is 4.99 Å². The van der Waals surface area contributed by atoms with Crippen LogP contribution in [0.4, 0.5) is 10.1 Å². The van der Waals surface area contributed by atoms with Crippen molar-refractivity contribution in [3.63, 3.8) is 0 Å². The lowest BCUT2D eigenvalue weighted by Crippen LogP contribution is -2.40. The average Bonchev–Trinajstić information content (AvgIpc) is 3.16. The average molecular weight is 646 g/mol. The van der Waals surface area contributed by atoms with E-state index in [2.05, 4.69) is 10.3 Å². The van der Waals surface area contributed by atoms with E-state index in [-0.39, 0.29) is 11.3 Å². The molecule has 6 nitrogen and oxygen atoms in total. The zero-order chi connectivity index (χ0) is 26.3. The van der Waals surface area contributed by atoms with E-state index in [1.807, 2.05) is 28.7 Å². The molecular weight excluding hydrogens is 628 g/mol. The van der Waals surface area contributed by atoms with Crippen LogP contribution in [0.3, 0.4) is 0 Å². The molecule has 0 saturated heterocycles. The van der Waals surface area contributed by atoms with Gasteiger partial charge in [0.15, 0.2) is 4.80 Å². The Morgan fingerprint density at radius 2 is 1.89 bits per heavy atom. The van der Waals surface area contributed by atoms with Crippen molar-refractivity contribution in [1.82, 2.24) is 4.57 Å². The van der Waals surface area contributed by atoms with Crippen LogP contribution in [0.1, 0.15) is 24.1 Å². The van der Waals surface area contributed by atoms with E-state index in [0.29, 0.717) is 40.4 Å². The van der Waals surface area contributed by atoms with Gasteiger partial charge >= 0.3 is 0 Å². The predicted octanol–water partition coefficient (Wildman–Crippen LogP) is 4.98. The standard InChI is InChI=1S/C27H18ClFIN3O3S/c1-14-22(25(35)32-19-5-3-2-4-6-19)23(15-7-9-18(29)10-8-15)33-26(36)21(37-27(33)31-14)12-16-11-17(28)13-20(30)24(16)34/h2-13,23,34H,1H3,(H,32,35)/b21-12-/t23-/m0/s1. The third kappa shape index (κ3) is 4.98. The molecule has 4 aromatic rings. The highest BCUT2D eigenvalue weighted by Gasteiger charge is 2.32. The number of aromatic hydroxyl groups is 1. The summed E-state index contributed by atoms with van der Waals surface area (Å²) in [4.78, 5) is 32.2. The molecule has 0 unspecified atom stereocenters. The molecule has 0 radical (unpaired) electrons. The quantitative estimate of drug-likeness (QED) is 0.308. The number of carbonyl (C=O) groups excluding carboxylic acids is 1. The SMILES string of the molecule is CC1=C(C(=O)Nc2ccccc2)[C@H](c2ccc(F)cc2)n2c(s/c(=C\c3cc(Cl)cc(I)c3O)c2=O)=N1. The monoisotopic (exact) mass is 645 g/mol. The third-order valence-electron chi connectivity index (χ3n) is 5.83. The lowest BCUT2D eigenvalue weighted by Gasteiger charge is -2.25. The summed E-state index contributed by atoms with van der Waals surface area (Å²) < 4.78 is 16.1. The number of carbonyl (C=O) groups is 1. The largest absolute Gasteiger partial charge is 0.506 e. The Labute approximate surface area is 233 Å². The second-order valence-corrected chi connectivity index (χ2v) is 10.9. The van der Waals surface area contributed by atoms with Crippen molar-refractivity contribution < 1.29 is 14.3 Å². The van der Waals surface area contributed by atoms with Crippen LogP contribution in [-0.2, 0) is 4.79 Å². The summed E-state index contributed by atoms with van der Waals surface area (Å²) in [6.07, 6.45) is 1.55. The summed E-state index contributed by atoms with van der Waals surface area (Å²) in [5.74, 6) is -0.846. The highest BCUT2D eigenvalue weighted by atomic mass is 127. The normalized spacial score (nSPS) is 15.4. The number of rotatable bonds is 4. The summed E-state index contributed by atoms with van der Waals surface area (Å²) >= 11 is 9.26. The number of para-hydroxylation sites is 1. The maximum atomic E-state index is 13.8. The molecule has 37 heavy (non-hydrogen) atoms. The predicted molar refractivity (Wildman–Crippen MR) is 151 cm³/mol. The number of amides is 1. The zero-order valence-electron chi connectivity index (χ0n) is 19.2. The summed E-state index contributed by atoms with van der Waals surface area (Å²) in [6.45, 7) is 1.71. The van der Waals surface area contributed by atoms with Gasteiger partial charge in [-0.3, -0.25) is 14.2 Å². The molecule has 0 fully saturated rings. The third-order valence-corrected chi connectivity index (χ3v) is 7.85. The molecule has 186 valence electrons. The van der Waals surface area contributed by atoms with E-state index in [0.717, 1.165) is 11.3 Å². The van der Waals surface area contributed by atoms with Gasteiger partial charge in [0.1, 0.15) is 11.6 Å². The highest BCUT2D eigenvalue weighted by Crippen LogP contribution is 2.31. The van der Waals surface area contributed by atoms with Crippen molar-refractivity contribution in [3.8, 4) is 5.75 Å². The fourth-order valence-electron chi connectivity index (χ4n) is 4.13. The zero-order valence-corrected chi connectivity index (χ0v) is 22.9. The number of thiazole rings is 1. The van der Waals surface area contributed by atoms with Gasteiger partial charge in [0.05, 0.1) is 25.4 Å². The molecule has 1 amide bonds. The number of allylic oxidation sites excluding steroid dienone is 1. The number of fused-ring (bicyclic) bond motifs is 1. The summed E-state index contributed by atoms with van der Waals surface area (Å²) in [6, 6.07) is 17.0. The Kier molecular flexibility index (Phi) is 7.02. The molecule has 2 heterocycles. The molecule has 1 aliphatic heterocycles. The van der Waals surface area contributed by atoms with E-state index in [9.17, 15) is 19.1 Å². The number of aromatic nitrogens is 1. The van der Waals surface area contributed by atoms with Crippen LogP contribution < -0.4 is 20.2 Å². The van der Waals surface area contributed by atoms with Gasteiger partial charge in [-0.05, 0) is 77.6 Å². The first-order valence-corrected chi connectivity index (χ1v) is 13.3. The van der Waals surface area contributed by atoms with Crippen LogP contribution in [0.15, 0.2) is 87.8 Å². The van der Waals surface area contributed by atoms with Gasteiger partial charge < -0.3 is 10.4 Å². The van der Waals surface area contributed by atoms with Gasteiger partial charge in [-0.25, -0.2) is 9.38 Å². The first kappa shape index (κ1) is 25.4. The van der Waals surface area contributed by atoms with Crippen LogP contribution in [0, 0.1) is 9.39 Å². The first-order chi connectivity index (χ1) is 17.7. The van der Waals surface area contributed by atoms with E-state index in [1.165, 1.54) is 16.7 Å². The summed E-state index contributed by atoms with van der Waals surface area (Å²) in [7, 11) is 0. The molecule has 10 heteroatoms. The van der Waals surface area contributed by atoms with E-state index in [4.69, 9.17) is 11.6 Å². The van der Waals surface area contributed by atoms with Gasteiger partial charge in [-0.2, -0.15) is 0 Å². The second kappa shape index (κ2) is 10.2. The first-order valence-electron chi connectivity index (χ1n) is 11.1. The van der Waals surface area contributed by atoms with Gasteiger partial charge in [0.25, 0.3) is 11.5 Å². The van der Waals surface area contributed by atoms with Crippen molar-refractivity contribution in [2.75, 3.05) is 5.32 Å². The molecule has 5 rings (SSSR count). The van der Waals surface area contributed by atoms with E-state index >= 15 is 0 Å². The van der Waals surface area contributed by atoms with Gasteiger partial charge in [-0.15, -0.1) is 0 Å². The molecule has 2 N–H and O–H groups in total. The van der Waals surface area contributed by atoms with Gasteiger partial charge in [0.2, 0.25) is 0 Å². The number of phenolic OH excluding ortho intramolecular Hbond substituents is 1. The Bertz CT molecular complexity index is 1750. The number of hydrogen-bond donors (Lipinski definition) is 2. The molecule has 3 aromatic carbocycles. The van der Waals surface area contributed by atoms with Gasteiger partial charge in [0, 0.05) is 16.3 Å². The molecular formula is C27H18ClFIN3O3S. The minimum absolute atomic E-state index is 0.00466. The molecule has 1 aromatic heterocycles. The molecule has 0 saturated carbocycles. The van der Waals surface area contributed by atoms with E-state index < -0.39 is 23.3 Å². The number of hydrogen-bond acceptors (Lipinski definition) is 5. The maximum Gasteiger partial charge on any atom is 0.271 e. The summed E-state index contributed by atoms with van der Waals surface area (Å²) in [5.41, 5.74) is 1.85. The minimum atomic E-state index is -0.837. The minimum Gasteiger partial charge on any atom is -0.506 e. The van der Waals surface area contributed by atoms with Crippen LogP contribution in [0.25, 0.3) is 6.08 Å². The van der Waals surface area contributed by atoms with Crippen molar-refractivity contribution in [1.29, 1.82) is 0 Å². The fraction of sp³-hybridized carbons (Fsp3) is 0.0741. The second-order valence-electron chi connectivity index (χ2n) is 8.28. The van der Waals surface area contributed by atoms with Crippen molar-refractivity contribution >= 4 is 63.2 Å². The molecule has 1 aliphatic rings. The van der Waals surface area contributed by atoms with Crippen LogP contribution in [-0.4, -0.2) is 15.6 Å². The van der Waals surface area contributed by atoms with Gasteiger partial charge in [-0.1, -0.05) is 53.3 Å². The molecule has 0 bridgehead atoms. The number of nitrogens with zero attached hydrogens (tertiary/aromatic N) is 2. The molecule has 0 spiro atoms. The number of nitrogens with one attached hydrogen (secondary N) is 1.